The van der Waals surface area contributed by atoms with Crippen molar-refractivity contribution in [2.45, 2.75) is 13.5 Å². The topological polar surface area (TPSA) is 58.6 Å². The van der Waals surface area contributed by atoms with Crippen LogP contribution in [0, 0.1) is 0 Å². The van der Waals surface area contributed by atoms with Crippen LogP contribution in [0.15, 0.2) is 24.3 Å². The Kier molecular flexibility index (Phi) is 4.63. The van der Waals surface area contributed by atoms with Crippen LogP contribution in [0.1, 0.15) is 12.5 Å². The summed E-state index contributed by atoms with van der Waals surface area (Å²) in [5, 5.41) is 10.7. The van der Waals surface area contributed by atoms with Crippen LogP contribution in [0.5, 0.6) is 5.75 Å². The highest BCUT2D eigenvalue weighted by Gasteiger charge is 2.05. The Bertz CT molecular complexity index is 296. The van der Waals surface area contributed by atoms with E-state index in [2.05, 4.69) is 11.4 Å². The van der Waals surface area contributed by atoms with Gasteiger partial charge in [0.2, 0.25) is 0 Å². The van der Waals surface area contributed by atoms with Crippen molar-refractivity contribution in [2.24, 2.45) is 0 Å². The molecule has 0 spiro atoms. The molecule has 0 aliphatic carbocycles. The third-order valence-corrected chi connectivity index (χ3v) is 1.82. The van der Waals surface area contributed by atoms with Gasteiger partial charge in [0, 0.05) is 25.6 Å². The molecule has 0 amide bonds. The quantitative estimate of drug-likeness (QED) is 0.675. The number of ether oxygens (including phenoxy) is 1. The number of carbonyl (C=O) groups is 1. The highest BCUT2D eigenvalue weighted by atomic mass is 16.5. The van der Waals surface area contributed by atoms with Crippen molar-refractivity contribution < 1.29 is 14.6 Å². The van der Waals surface area contributed by atoms with E-state index in [0.29, 0.717) is 0 Å². The number of para-hydroxylation sites is 1. The van der Waals surface area contributed by atoms with Gasteiger partial charge in [-0.25, -0.2) is 0 Å². The summed E-state index contributed by atoms with van der Waals surface area (Å²) in [4.78, 5) is 9.00. The van der Waals surface area contributed by atoms with E-state index in [9.17, 15) is 0 Å². The van der Waals surface area contributed by atoms with Gasteiger partial charge in [-0.3, -0.25) is 4.79 Å². The van der Waals surface area contributed by atoms with Crippen LogP contribution in [-0.2, 0) is 11.3 Å². The molecular formula is C11H15NO3. The van der Waals surface area contributed by atoms with Crippen molar-refractivity contribution in [2.75, 3.05) is 13.2 Å². The molecule has 1 aromatic carbocycles. The van der Waals surface area contributed by atoms with Gasteiger partial charge in [0.05, 0.1) is 0 Å². The van der Waals surface area contributed by atoms with Gasteiger partial charge < -0.3 is 15.2 Å². The zero-order valence-corrected chi connectivity index (χ0v) is 8.69. The van der Waals surface area contributed by atoms with Crippen molar-refractivity contribution in [3.05, 3.63) is 29.8 Å². The van der Waals surface area contributed by atoms with E-state index in [-0.39, 0.29) is 0 Å². The lowest BCUT2D eigenvalue weighted by molar-refractivity contribution is -0.134. The maximum absolute atomic E-state index is 9.00. The van der Waals surface area contributed by atoms with Gasteiger partial charge in [-0.2, -0.15) is 0 Å². The minimum atomic E-state index is -0.833. The first-order valence-corrected chi connectivity index (χ1v) is 4.81. The Labute approximate surface area is 88.9 Å². The van der Waals surface area contributed by atoms with Crippen LogP contribution in [0.3, 0.4) is 0 Å². The van der Waals surface area contributed by atoms with Gasteiger partial charge in [0.1, 0.15) is 12.4 Å². The molecule has 1 aliphatic heterocycles. The lowest BCUT2D eigenvalue weighted by Crippen LogP contribution is -2.16. The molecule has 0 bridgehead atoms. The summed E-state index contributed by atoms with van der Waals surface area (Å²) in [6.45, 7) is 3.72. The number of hydrogen-bond donors (Lipinski definition) is 2. The number of aliphatic carboxylic acids is 1. The van der Waals surface area contributed by atoms with Crippen LogP contribution in [0.2, 0.25) is 0 Å². The van der Waals surface area contributed by atoms with Crippen LogP contribution >= 0.6 is 0 Å². The smallest absolute Gasteiger partial charge is 0.300 e. The number of rotatable bonds is 0. The van der Waals surface area contributed by atoms with Gasteiger partial charge in [-0.15, -0.1) is 0 Å². The zero-order chi connectivity index (χ0) is 11.1. The molecule has 0 saturated carbocycles. The third-order valence-electron chi connectivity index (χ3n) is 1.82. The molecule has 0 fully saturated rings. The molecule has 1 heterocycles. The van der Waals surface area contributed by atoms with E-state index < -0.39 is 5.97 Å². The average molecular weight is 209 g/mol. The summed E-state index contributed by atoms with van der Waals surface area (Å²) >= 11 is 0. The van der Waals surface area contributed by atoms with Crippen molar-refractivity contribution in [1.29, 1.82) is 0 Å². The average Bonchev–Trinajstić information content (AvgIpc) is 2.41. The predicted molar refractivity (Wildman–Crippen MR) is 57.0 cm³/mol. The maximum Gasteiger partial charge on any atom is 0.300 e. The molecule has 1 aliphatic rings. The van der Waals surface area contributed by atoms with Gasteiger partial charge in [-0.1, -0.05) is 18.2 Å². The highest BCUT2D eigenvalue weighted by Crippen LogP contribution is 2.18. The molecule has 15 heavy (non-hydrogen) atoms. The lowest BCUT2D eigenvalue weighted by Gasteiger charge is -2.03. The fourth-order valence-corrected chi connectivity index (χ4v) is 1.25. The van der Waals surface area contributed by atoms with Gasteiger partial charge in [0.25, 0.3) is 5.97 Å². The van der Waals surface area contributed by atoms with Crippen LogP contribution in [-0.4, -0.2) is 24.2 Å². The van der Waals surface area contributed by atoms with Crippen LogP contribution in [0.25, 0.3) is 0 Å². The second-order valence-electron chi connectivity index (χ2n) is 3.15. The van der Waals surface area contributed by atoms with E-state index in [4.69, 9.17) is 14.6 Å². The SMILES string of the molecule is CC(=O)O.c1ccc2c(c1)CNCCO2. The molecular weight excluding hydrogens is 194 g/mol. The fraction of sp³-hybridized carbons (Fsp3) is 0.364. The molecule has 0 aromatic heterocycles. The van der Waals surface area contributed by atoms with Gasteiger partial charge in [-0.05, 0) is 6.07 Å². The van der Waals surface area contributed by atoms with E-state index in [1.165, 1.54) is 5.56 Å². The summed E-state index contributed by atoms with van der Waals surface area (Å²) < 4.78 is 5.49. The summed E-state index contributed by atoms with van der Waals surface area (Å²) in [5.74, 6) is 0.192. The van der Waals surface area contributed by atoms with Crippen LogP contribution in [0.4, 0.5) is 0 Å². The molecule has 4 heteroatoms. The molecule has 0 radical (unpaired) electrons. The lowest BCUT2D eigenvalue weighted by atomic mass is 10.2. The van der Waals surface area contributed by atoms with Gasteiger partial charge >= 0.3 is 0 Å². The molecule has 1 aromatic rings. The fourth-order valence-electron chi connectivity index (χ4n) is 1.25. The van der Waals surface area contributed by atoms with Crippen LogP contribution < -0.4 is 10.1 Å². The first-order valence-electron chi connectivity index (χ1n) is 4.81. The minimum Gasteiger partial charge on any atom is -0.492 e. The van der Waals surface area contributed by atoms with Crippen molar-refractivity contribution in [3.63, 3.8) is 0 Å². The van der Waals surface area contributed by atoms with Gasteiger partial charge in [0.15, 0.2) is 0 Å². The van der Waals surface area contributed by atoms with Crippen molar-refractivity contribution in [1.82, 2.24) is 5.32 Å². The van der Waals surface area contributed by atoms with E-state index >= 15 is 0 Å². The van der Waals surface area contributed by atoms with E-state index in [0.717, 1.165) is 32.4 Å². The first kappa shape index (κ1) is 11.5. The molecule has 0 atom stereocenters. The zero-order valence-electron chi connectivity index (χ0n) is 8.69. The van der Waals surface area contributed by atoms with Crippen molar-refractivity contribution >= 4 is 5.97 Å². The summed E-state index contributed by atoms with van der Waals surface area (Å²) in [5.41, 5.74) is 1.25. The highest BCUT2D eigenvalue weighted by molar-refractivity contribution is 5.62. The Morgan fingerprint density at radius 3 is 2.87 bits per heavy atom. The molecule has 2 N–H and O–H groups in total. The molecule has 2 rings (SSSR count). The number of hydrogen-bond acceptors (Lipinski definition) is 3. The summed E-state index contributed by atoms with van der Waals surface area (Å²) in [6.07, 6.45) is 0. The largest absolute Gasteiger partial charge is 0.492 e. The molecule has 82 valence electrons. The third kappa shape index (κ3) is 4.46. The van der Waals surface area contributed by atoms with Crippen molar-refractivity contribution in [3.8, 4) is 5.75 Å². The Morgan fingerprint density at radius 1 is 1.47 bits per heavy atom. The Morgan fingerprint density at radius 2 is 2.13 bits per heavy atom. The minimum absolute atomic E-state index is 0.775. The normalized spacial score (nSPS) is 13.7. The molecule has 4 nitrogen and oxygen atoms in total. The monoisotopic (exact) mass is 209 g/mol. The second-order valence-corrected chi connectivity index (χ2v) is 3.15. The van der Waals surface area contributed by atoms with E-state index in [1.54, 1.807) is 0 Å². The van der Waals surface area contributed by atoms with E-state index in [1.807, 2.05) is 18.2 Å². The number of carboxylic acids is 1. The summed E-state index contributed by atoms with van der Waals surface area (Å²) in [7, 11) is 0. The standard InChI is InChI=1S/C9H11NO.C2H4O2/c1-2-4-9-8(3-1)7-10-5-6-11-9;1-2(3)4/h1-4,10H,5-7H2;1H3,(H,3,4). The Hall–Kier alpha value is -1.55. The number of carboxylic acid groups (broad SMARTS) is 1. The molecule has 0 saturated heterocycles. The Balaban J connectivity index is 0.000000245. The predicted octanol–water partition coefficient (Wildman–Crippen LogP) is 1.26. The maximum atomic E-state index is 9.00. The molecule has 0 unspecified atom stereocenters. The number of nitrogens with one attached hydrogen (secondary N) is 1. The number of benzene rings is 1. The first-order chi connectivity index (χ1) is 7.20. The second kappa shape index (κ2) is 6.03. The number of fused-ring (bicyclic) bond motifs is 1. The summed E-state index contributed by atoms with van der Waals surface area (Å²) in [6, 6.07) is 8.15.